The minimum absolute atomic E-state index is 0.00112. The van der Waals surface area contributed by atoms with Crippen LogP contribution in [0.3, 0.4) is 0 Å². The summed E-state index contributed by atoms with van der Waals surface area (Å²) in [6.07, 6.45) is 2.49. The van der Waals surface area contributed by atoms with Gasteiger partial charge in [0, 0.05) is 16.7 Å². The Balaban J connectivity index is 0.990. The highest BCUT2D eigenvalue weighted by atomic mass is 35.5. The van der Waals surface area contributed by atoms with Gasteiger partial charge in [-0.05, 0) is 41.3 Å². The number of ether oxygens (including phenoxy) is 4. The maximum Gasteiger partial charge on any atom is 0.404 e. The first-order valence-corrected chi connectivity index (χ1v) is 35.2. The fourth-order valence-electron chi connectivity index (χ4n) is 14.0. The van der Waals surface area contributed by atoms with Crippen molar-refractivity contribution < 1.29 is 28.1 Å². The van der Waals surface area contributed by atoms with E-state index >= 15 is 0 Å². The molecule has 0 N–H and O–H groups in total. The van der Waals surface area contributed by atoms with Crippen LogP contribution in [-0.4, -0.2) is 48.2 Å². The van der Waals surface area contributed by atoms with Crippen molar-refractivity contribution in [3.8, 4) is 73.6 Å². The van der Waals surface area contributed by atoms with Gasteiger partial charge in [-0.2, -0.15) is 9.13 Å². The molecule has 6 aliphatic rings. The normalized spacial score (nSPS) is 15.4. The molecular weight excluding hydrogens is 1490 g/mol. The molecule has 1 atom stereocenters. The van der Waals surface area contributed by atoms with Gasteiger partial charge < -0.3 is 18.9 Å². The standard InChI is InChI=1S/C74H38Cl12N8O4/c1-2-3-19-32-95-62-54(79)46-42(50(75)58(62)83)66-88-71-48-44(52(77)60(85)64(56(48)81)97-40-30-17-14-27-37(40)34-22-9-5-10-23-34)68-90-73-49-45(53(78)61(86)65(57(49)82)98-41-31-18-15-28-38(41)35-24-11-6-12-25-35)69-89-72-47-43(67-87-70(46)91(66)74(92(67)72,93(68)71)94(69)73)51(76)59(84)63(55(47)80)96-39-29-16-13-26-36(39)33-20-7-4-8-21-33/h4-18,20-31H,2-3,19,32H2,1H3/q+2. The molecule has 0 fully saturated rings. The number of aromatic nitrogens is 2. The van der Waals surface area contributed by atoms with Crippen molar-refractivity contribution in [2.45, 2.75) is 32.1 Å². The molecule has 0 aliphatic carbocycles. The van der Waals surface area contributed by atoms with E-state index in [4.69, 9.17) is 178 Å². The Kier molecular flexibility index (Phi) is 14.9. The number of benzene rings is 10. The van der Waals surface area contributed by atoms with Crippen molar-refractivity contribution in [1.29, 1.82) is 0 Å². The van der Waals surface area contributed by atoms with E-state index in [1.165, 1.54) is 0 Å². The van der Waals surface area contributed by atoms with E-state index in [0.29, 0.717) is 23.7 Å². The van der Waals surface area contributed by atoms with Gasteiger partial charge >= 0.3 is 5.91 Å². The predicted octanol–water partition coefficient (Wildman–Crippen LogP) is 23.5. The molecule has 24 heteroatoms. The summed E-state index contributed by atoms with van der Waals surface area (Å²) < 4.78 is 34.8. The molecule has 8 heterocycles. The number of hydrogen-bond donors (Lipinski definition) is 0. The molecular formula is C74H38Cl12N8O4+2. The molecule has 18 rings (SSSR count). The first kappa shape index (κ1) is 62.5. The number of amidine groups is 4. The summed E-state index contributed by atoms with van der Waals surface area (Å²) in [5.41, 5.74) is 6.15. The third-order valence-electron chi connectivity index (χ3n) is 18.2. The Bertz CT molecular complexity index is 5940. The highest BCUT2D eigenvalue weighted by Crippen LogP contribution is 2.63. The van der Waals surface area contributed by atoms with Crippen LogP contribution in [0.4, 0.5) is 11.6 Å². The van der Waals surface area contributed by atoms with Gasteiger partial charge in [-0.1, -0.05) is 325 Å². The molecule has 0 radical (unpaired) electrons. The summed E-state index contributed by atoms with van der Waals surface area (Å²) in [5.74, 6) is 0.302. The maximum atomic E-state index is 8.02. The number of fused-ring (bicyclic) bond motifs is 12. The molecule has 1 spiro atoms. The molecule has 2 aromatic heterocycles. The van der Waals surface area contributed by atoms with Gasteiger partial charge in [-0.15, -0.1) is 9.15 Å². The van der Waals surface area contributed by atoms with Crippen molar-refractivity contribution in [2.75, 3.05) is 6.61 Å². The van der Waals surface area contributed by atoms with Gasteiger partial charge in [0.15, 0.2) is 23.0 Å². The number of nitrogens with zero attached hydrogens (tertiary/aromatic N) is 8. The zero-order valence-electron chi connectivity index (χ0n) is 50.2. The summed E-state index contributed by atoms with van der Waals surface area (Å²) in [7, 11) is 0. The lowest BCUT2D eigenvalue weighted by atomic mass is 10.0. The lowest BCUT2D eigenvalue weighted by Gasteiger charge is -2.40. The van der Waals surface area contributed by atoms with E-state index in [-0.39, 0.29) is 180 Å². The summed E-state index contributed by atoms with van der Waals surface area (Å²) in [5, 5.41) is 0.995. The van der Waals surface area contributed by atoms with Crippen LogP contribution in [0.2, 0.25) is 60.3 Å². The van der Waals surface area contributed by atoms with E-state index < -0.39 is 5.91 Å². The average Bonchev–Trinajstić information content (AvgIpc) is 1.45. The Labute approximate surface area is 617 Å². The summed E-state index contributed by atoms with van der Waals surface area (Å²) in [4.78, 5) is 22.6. The van der Waals surface area contributed by atoms with Gasteiger partial charge in [0.2, 0.25) is 22.6 Å². The number of para-hydroxylation sites is 3. The molecule has 98 heavy (non-hydrogen) atoms. The van der Waals surface area contributed by atoms with E-state index in [9.17, 15) is 0 Å². The molecule has 6 aliphatic heterocycles. The van der Waals surface area contributed by atoms with Crippen molar-refractivity contribution in [1.82, 2.24) is 9.13 Å². The second kappa shape index (κ2) is 23.4. The van der Waals surface area contributed by atoms with Gasteiger partial charge in [0.25, 0.3) is 23.3 Å². The van der Waals surface area contributed by atoms with Crippen LogP contribution in [0.15, 0.2) is 184 Å². The van der Waals surface area contributed by atoms with Crippen LogP contribution in [-0.2, 0) is 5.91 Å². The van der Waals surface area contributed by atoms with Crippen LogP contribution in [0.1, 0.15) is 48.4 Å². The zero-order valence-corrected chi connectivity index (χ0v) is 59.2. The van der Waals surface area contributed by atoms with Gasteiger partial charge in [0.05, 0.1) is 90.6 Å². The van der Waals surface area contributed by atoms with Crippen LogP contribution in [0.25, 0.3) is 54.9 Å². The molecule has 10 aromatic carbocycles. The number of halogens is 12. The number of hydrogen-bond acceptors (Lipinski definition) is 8. The Morgan fingerprint density at radius 2 is 0.704 bits per heavy atom. The van der Waals surface area contributed by atoms with E-state index in [0.717, 1.165) is 46.2 Å². The van der Waals surface area contributed by atoms with Gasteiger partial charge in [-0.3, -0.25) is 0 Å². The maximum absolute atomic E-state index is 8.02. The predicted molar refractivity (Wildman–Crippen MR) is 395 cm³/mol. The lowest BCUT2D eigenvalue weighted by molar-refractivity contribution is -0.790. The monoisotopic (exact) mass is 1520 g/mol. The average molecular weight is 1530 g/mol. The number of unbranched alkanes of at least 4 members (excludes halogenated alkanes) is 2. The fraction of sp³-hybridized carbons (Fsp3) is 0.0811. The molecule has 12 nitrogen and oxygen atoms in total. The number of aliphatic imine (C=N–C) groups is 2. The summed E-state index contributed by atoms with van der Waals surface area (Å²) >= 11 is 93.5. The largest absolute Gasteiger partial charge is 0.490 e. The quantitative estimate of drug-likeness (QED) is 0.0615. The molecule has 480 valence electrons. The van der Waals surface area contributed by atoms with Crippen LogP contribution in [0.5, 0.6) is 40.2 Å². The van der Waals surface area contributed by atoms with E-state index in [2.05, 4.69) is 6.92 Å². The molecule has 0 saturated heterocycles. The van der Waals surface area contributed by atoms with Gasteiger partial charge in [-0.25, -0.2) is 0 Å². The first-order valence-electron chi connectivity index (χ1n) is 30.6. The summed E-state index contributed by atoms with van der Waals surface area (Å²) in [6.45, 7) is 2.35. The SMILES string of the molecule is CCCCCOc1c(Cl)c(Cl)c2c3n4c(c2c1Cl)=NC1=[N+]2C(=Nc5c6c(Cl)c(Cl)c(Oc7ccccc7-c7ccccc7)c(Cl)c6c6n5C42[N+]2=C(N=3)c3c(Cl)c(Oc4ccccc4-c4ccccc4)c(Cl)c(Cl)c3C2=N6)c2c(Cl)c(Oc3ccccc3-c3ccccc3)c(Cl)c(Cl)c21. The van der Waals surface area contributed by atoms with Crippen LogP contribution >= 0.6 is 139 Å². The van der Waals surface area contributed by atoms with E-state index in [1.807, 2.05) is 182 Å². The third kappa shape index (κ3) is 8.61. The van der Waals surface area contributed by atoms with Crippen molar-refractivity contribution in [2.24, 2.45) is 20.0 Å². The topological polar surface area (TPSA) is 102 Å². The lowest BCUT2D eigenvalue weighted by Crippen LogP contribution is -2.71. The minimum Gasteiger partial charge on any atom is -0.490 e. The highest BCUT2D eigenvalue weighted by molar-refractivity contribution is 6.54. The summed E-state index contributed by atoms with van der Waals surface area (Å²) in [6, 6.07) is 51.7. The Hall–Kier alpha value is -7.76. The van der Waals surface area contributed by atoms with Gasteiger partial charge in [0.1, 0.15) is 37.3 Å². The molecule has 0 saturated carbocycles. The van der Waals surface area contributed by atoms with Crippen LogP contribution in [0, 0.1) is 0 Å². The van der Waals surface area contributed by atoms with Crippen molar-refractivity contribution >= 4 is 196 Å². The Morgan fingerprint density at radius 3 is 1.18 bits per heavy atom. The molecule has 0 amide bonds. The molecule has 0 bridgehead atoms. The second-order valence-electron chi connectivity index (χ2n) is 23.5. The molecule has 1 unspecified atom stereocenters. The fourth-order valence-corrected chi connectivity index (χ4v) is 17.4. The smallest absolute Gasteiger partial charge is 0.404 e. The minimum atomic E-state index is -2.03. The van der Waals surface area contributed by atoms with Crippen LogP contribution < -0.4 is 29.9 Å². The third-order valence-corrected chi connectivity index (χ3v) is 23.0. The zero-order chi connectivity index (χ0) is 67.1. The number of rotatable bonds is 14. The molecule has 12 aromatic rings. The second-order valence-corrected chi connectivity index (χ2v) is 28.0. The van der Waals surface area contributed by atoms with E-state index in [1.54, 1.807) is 0 Å². The highest BCUT2D eigenvalue weighted by Gasteiger charge is 2.71. The Morgan fingerprint density at radius 1 is 0.347 bits per heavy atom. The van der Waals surface area contributed by atoms with Crippen molar-refractivity contribution in [3.05, 3.63) is 257 Å². The first-order chi connectivity index (χ1) is 47.6. The van der Waals surface area contributed by atoms with Crippen molar-refractivity contribution in [3.63, 3.8) is 0 Å².